The van der Waals surface area contributed by atoms with Crippen molar-refractivity contribution in [2.75, 3.05) is 19.6 Å². The third kappa shape index (κ3) is 5.09. The van der Waals surface area contributed by atoms with E-state index in [-0.39, 0.29) is 11.8 Å². The summed E-state index contributed by atoms with van der Waals surface area (Å²) >= 11 is 6.10. The number of amides is 2. The van der Waals surface area contributed by atoms with E-state index in [9.17, 15) is 19.8 Å². The largest absolute Gasteiger partial charge is 0.465 e. The molecule has 7 heteroatoms. The minimum Gasteiger partial charge on any atom is -0.465 e. The smallest absolute Gasteiger partial charge is 0.407 e. The van der Waals surface area contributed by atoms with E-state index in [4.69, 9.17) is 11.6 Å². The van der Waals surface area contributed by atoms with Gasteiger partial charge in [-0.2, -0.15) is 0 Å². The van der Waals surface area contributed by atoms with Gasteiger partial charge in [-0.15, -0.1) is 0 Å². The number of halogens is 1. The molecular weight excluding hydrogens is 344 g/mol. The van der Waals surface area contributed by atoms with E-state index >= 15 is 0 Å². The quantitative estimate of drug-likeness (QED) is 0.673. The lowest BCUT2D eigenvalue weighted by Gasteiger charge is -2.42. The summed E-state index contributed by atoms with van der Waals surface area (Å²) in [5.41, 5.74) is -0.489. The summed E-state index contributed by atoms with van der Waals surface area (Å²) < 4.78 is 0. The molecule has 0 radical (unpaired) electrons. The molecule has 0 aromatic heterocycles. The normalized spacial score (nSPS) is 20.0. The van der Waals surface area contributed by atoms with E-state index in [1.165, 1.54) is 11.8 Å². The van der Waals surface area contributed by atoms with Crippen LogP contribution < -0.4 is 5.32 Å². The minimum atomic E-state index is -1.18. The highest BCUT2D eigenvalue weighted by Gasteiger charge is 2.41. The molecule has 0 spiro atoms. The number of hydrogen-bond donors (Lipinski definition) is 3. The lowest BCUT2D eigenvalue weighted by molar-refractivity contribution is -0.119. The number of benzene rings is 1. The second kappa shape index (κ2) is 8.54. The molecule has 1 heterocycles. The number of rotatable bonds is 6. The van der Waals surface area contributed by atoms with Gasteiger partial charge in [0, 0.05) is 37.5 Å². The number of aliphatic hydroxyl groups is 1. The van der Waals surface area contributed by atoms with Gasteiger partial charge < -0.3 is 20.4 Å². The van der Waals surface area contributed by atoms with Crippen molar-refractivity contribution in [3.8, 4) is 0 Å². The van der Waals surface area contributed by atoms with Crippen LogP contribution in [0, 0.1) is 5.92 Å². The molecule has 0 saturated carbocycles. The molecular formula is C18H25ClN2O4. The summed E-state index contributed by atoms with van der Waals surface area (Å²) in [5, 5.41) is 24.1. The van der Waals surface area contributed by atoms with Crippen molar-refractivity contribution in [2.24, 2.45) is 5.92 Å². The highest BCUT2D eigenvalue weighted by molar-refractivity contribution is 6.30. The fraction of sp³-hybridized carbons (Fsp3) is 0.556. The topological polar surface area (TPSA) is 89.9 Å². The maximum absolute atomic E-state index is 11.5. The standard InChI is InChI=1S/C18H25ClN2O4/c1-13(22)20-9-4-8-18(25,14-5-2-7-16(19)11-14)15-6-3-10-21(12-15)17(23)24/h2,5,7,11,15,25H,3-4,6,8-10,12H2,1H3,(H,20,22)(H,23,24)/t15?,18-/m1/s1. The molecule has 1 aromatic carbocycles. The van der Waals surface area contributed by atoms with Crippen LogP contribution >= 0.6 is 11.6 Å². The van der Waals surface area contributed by atoms with Crippen molar-refractivity contribution >= 4 is 23.6 Å². The third-order valence-corrected chi connectivity index (χ3v) is 5.04. The molecule has 2 atom stereocenters. The zero-order chi connectivity index (χ0) is 18.4. The number of carbonyl (C=O) groups excluding carboxylic acids is 1. The van der Waals surface area contributed by atoms with Crippen molar-refractivity contribution in [2.45, 2.75) is 38.2 Å². The molecule has 1 aromatic rings. The molecule has 1 unspecified atom stereocenters. The summed E-state index contributed by atoms with van der Waals surface area (Å²) in [5.74, 6) is -0.325. The first-order valence-electron chi connectivity index (χ1n) is 8.53. The number of hydrogen-bond acceptors (Lipinski definition) is 3. The zero-order valence-electron chi connectivity index (χ0n) is 14.4. The van der Waals surface area contributed by atoms with Crippen LogP contribution in [0.5, 0.6) is 0 Å². The molecule has 138 valence electrons. The molecule has 1 saturated heterocycles. The zero-order valence-corrected chi connectivity index (χ0v) is 15.1. The van der Waals surface area contributed by atoms with Crippen molar-refractivity contribution < 1.29 is 19.8 Å². The molecule has 1 aliphatic rings. The van der Waals surface area contributed by atoms with Gasteiger partial charge in [0.15, 0.2) is 0 Å². The van der Waals surface area contributed by atoms with Crippen LogP contribution in [0.4, 0.5) is 4.79 Å². The number of carbonyl (C=O) groups is 2. The fourth-order valence-corrected chi connectivity index (χ4v) is 3.70. The van der Waals surface area contributed by atoms with E-state index in [0.29, 0.717) is 49.5 Å². The Morgan fingerprint density at radius 1 is 1.44 bits per heavy atom. The van der Waals surface area contributed by atoms with Crippen molar-refractivity contribution in [1.82, 2.24) is 10.2 Å². The van der Waals surface area contributed by atoms with E-state index in [1.54, 1.807) is 18.2 Å². The Bertz CT molecular complexity index is 625. The molecule has 3 N–H and O–H groups in total. The SMILES string of the molecule is CC(=O)NCCC[C@@](O)(c1cccc(Cl)c1)C1CCCN(C(=O)O)C1. The molecule has 1 fully saturated rings. The van der Waals surface area contributed by atoms with Gasteiger partial charge in [-0.05, 0) is 43.4 Å². The first kappa shape index (κ1) is 19.5. The average molecular weight is 369 g/mol. The number of piperidine rings is 1. The van der Waals surface area contributed by atoms with Crippen LogP contribution in [0.1, 0.15) is 38.2 Å². The summed E-state index contributed by atoms with van der Waals surface area (Å²) in [7, 11) is 0. The summed E-state index contributed by atoms with van der Waals surface area (Å²) in [6, 6.07) is 7.09. The summed E-state index contributed by atoms with van der Waals surface area (Å²) in [6.45, 7) is 2.70. The predicted molar refractivity (Wildman–Crippen MR) is 95.6 cm³/mol. The van der Waals surface area contributed by atoms with Crippen LogP contribution in [0.3, 0.4) is 0 Å². The Kier molecular flexibility index (Phi) is 6.67. The molecule has 25 heavy (non-hydrogen) atoms. The lowest BCUT2D eigenvalue weighted by Crippen LogP contribution is -2.48. The Hall–Kier alpha value is -1.79. The number of nitrogens with one attached hydrogen (secondary N) is 1. The Morgan fingerprint density at radius 3 is 2.84 bits per heavy atom. The molecule has 0 aliphatic carbocycles. The third-order valence-electron chi connectivity index (χ3n) is 4.80. The first-order chi connectivity index (χ1) is 11.8. The van der Waals surface area contributed by atoms with E-state index in [2.05, 4.69) is 5.32 Å². The highest BCUT2D eigenvalue weighted by atomic mass is 35.5. The van der Waals surface area contributed by atoms with Crippen molar-refractivity contribution in [3.63, 3.8) is 0 Å². The number of carboxylic acid groups (broad SMARTS) is 1. The maximum Gasteiger partial charge on any atom is 0.407 e. The van der Waals surface area contributed by atoms with Gasteiger partial charge in [-0.25, -0.2) is 4.79 Å². The van der Waals surface area contributed by atoms with E-state index in [0.717, 1.165) is 6.42 Å². The Morgan fingerprint density at radius 2 is 2.20 bits per heavy atom. The van der Waals surface area contributed by atoms with E-state index < -0.39 is 11.7 Å². The first-order valence-corrected chi connectivity index (χ1v) is 8.91. The molecule has 2 amide bonds. The number of nitrogens with zero attached hydrogens (tertiary/aromatic N) is 1. The highest BCUT2D eigenvalue weighted by Crippen LogP contribution is 2.40. The Balaban J connectivity index is 2.21. The van der Waals surface area contributed by atoms with Crippen molar-refractivity contribution in [3.05, 3.63) is 34.9 Å². The van der Waals surface area contributed by atoms with Crippen LogP contribution in [0.25, 0.3) is 0 Å². The Labute approximate surface area is 152 Å². The molecule has 2 rings (SSSR count). The average Bonchev–Trinajstić information content (AvgIpc) is 2.58. The molecule has 1 aliphatic heterocycles. The summed E-state index contributed by atoms with van der Waals surface area (Å²) in [4.78, 5) is 23.7. The van der Waals surface area contributed by atoms with Gasteiger partial charge in [0.05, 0.1) is 5.60 Å². The van der Waals surface area contributed by atoms with Crippen LogP contribution in [0.2, 0.25) is 5.02 Å². The van der Waals surface area contributed by atoms with Crippen LogP contribution in [0.15, 0.2) is 24.3 Å². The summed E-state index contributed by atoms with van der Waals surface area (Å²) in [6.07, 6.45) is 1.51. The second-order valence-electron chi connectivity index (χ2n) is 6.59. The van der Waals surface area contributed by atoms with Crippen molar-refractivity contribution in [1.29, 1.82) is 0 Å². The van der Waals surface area contributed by atoms with E-state index in [1.807, 2.05) is 6.07 Å². The van der Waals surface area contributed by atoms with Gasteiger partial charge >= 0.3 is 6.09 Å². The van der Waals surface area contributed by atoms with Crippen LogP contribution in [-0.2, 0) is 10.4 Å². The number of likely N-dealkylation sites (tertiary alicyclic amines) is 1. The monoisotopic (exact) mass is 368 g/mol. The van der Waals surface area contributed by atoms with Crippen LogP contribution in [-0.4, -0.2) is 46.7 Å². The minimum absolute atomic E-state index is 0.110. The predicted octanol–water partition coefficient (Wildman–Crippen LogP) is 2.83. The van der Waals surface area contributed by atoms with Gasteiger partial charge in [0.1, 0.15) is 0 Å². The molecule has 0 bridgehead atoms. The van der Waals surface area contributed by atoms with Gasteiger partial charge in [-0.3, -0.25) is 4.79 Å². The van der Waals surface area contributed by atoms with Gasteiger partial charge in [-0.1, -0.05) is 23.7 Å². The molecule has 6 nitrogen and oxygen atoms in total. The second-order valence-corrected chi connectivity index (χ2v) is 7.03. The maximum atomic E-state index is 11.5. The van der Waals surface area contributed by atoms with Gasteiger partial charge in [0.2, 0.25) is 5.91 Å². The van der Waals surface area contributed by atoms with Gasteiger partial charge in [0.25, 0.3) is 0 Å². The fourth-order valence-electron chi connectivity index (χ4n) is 3.50. The lowest BCUT2D eigenvalue weighted by atomic mass is 9.74.